The highest BCUT2D eigenvalue weighted by atomic mass is 35.5. The molecule has 2 rings (SSSR count). The zero-order chi connectivity index (χ0) is 19.1. The van der Waals surface area contributed by atoms with Crippen LogP contribution >= 0.6 is 23.2 Å². The van der Waals surface area contributed by atoms with Crippen LogP contribution in [0, 0.1) is 5.82 Å². The van der Waals surface area contributed by atoms with Crippen LogP contribution in [0.25, 0.3) is 6.08 Å². The standard InChI is InChI=1S/C19H16Cl2FNO3/c1-2-23(15-7-5-14(22)6-8-15)18(24)12-26-19(25)10-4-13-3-9-16(20)17(21)11-13/h3-11H,2,12H2,1H3/b10-4+. The normalized spacial score (nSPS) is 10.8. The molecule has 0 unspecified atom stereocenters. The number of esters is 1. The Balaban J connectivity index is 1.92. The molecule has 0 bridgehead atoms. The van der Waals surface area contributed by atoms with E-state index in [0.717, 1.165) is 0 Å². The van der Waals surface area contributed by atoms with Crippen LogP contribution in [0.1, 0.15) is 12.5 Å². The number of anilines is 1. The molecule has 0 radical (unpaired) electrons. The lowest BCUT2D eigenvalue weighted by molar-refractivity contribution is -0.142. The highest BCUT2D eigenvalue weighted by Gasteiger charge is 2.15. The van der Waals surface area contributed by atoms with Crippen LogP contribution in [0.3, 0.4) is 0 Å². The van der Waals surface area contributed by atoms with Crippen molar-refractivity contribution in [2.75, 3.05) is 18.1 Å². The third kappa shape index (κ3) is 5.58. The molecule has 0 spiro atoms. The molecule has 4 nitrogen and oxygen atoms in total. The second-order valence-electron chi connectivity index (χ2n) is 5.23. The SMILES string of the molecule is CCN(C(=O)COC(=O)/C=C/c1ccc(Cl)c(Cl)c1)c1ccc(F)cc1. The van der Waals surface area contributed by atoms with Crippen molar-refractivity contribution in [3.63, 3.8) is 0 Å². The molecular weight excluding hydrogens is 380 g/mol. The highest BCUT2D eigenvalue weighted by Crippen LogP contribution is 2.23. The van der Waals surface area contributed by atoms with E-state index in [1.807, 2.05) is 0 Å². The topological polar surface area (TPSA) is 46.6 Å². The van der Waals surface area contributed by atoms with Gasteiger partial charge in [-0.05, 0) is 55.0 Å². The fourth-order valence-electron chi connectivity index (χ4n) is 2.16. The maximum absolute atomic E-state index is 13.0. The fourth-order valence-corrected chi connectivity index (χ4v) is 2.47. The Hall–Kier alpha value is -2.37. The fraction of sp³-hybridized carbons (Fsp3) is 0.158. The number of halogens is 3. The maximum atomic E-state index is 13.0. The van der Waals surface area contributed by atoms with Crippen molar-refractivity contribution in [3.8, 4) is 0 Å². The zero-order valence-corrected chi connectivity index (χ0v) is 15.4. The number of ether oxygens (including phenoxy) is 1. The minimum atomic E-state index is -0.667. The lowest BCUT2D eigenvalue weighted by atomic mass is 10.2. The molecule has 0 fully saturated rings. The van der Waals surface area contributed by atoms with Crippen molar-refractivity contribution >= 4 is 46.8 Å². The summed E-state index contributed by atoms with van der Waals surface area (Å²) in [6.07, 6.45) is 2.70. The summed E-state index contributed by atoms with van der Waals surface area (Å²) in [5.74, 6) is -1.47. The first kappa shape index (κ1) is 19.9. The first-order chi connectivity index (χ1) is 12.4. The van der Waals surface area contributed by atoms with Gasteiger partial charge in [0.1, 0.15) is 5.82 Å². The van der Waals surface area contributed by atoms with Crippen LogP contribution in [0.5, 0.6) is 0 Å². The number of amides is 1. The van der Waals surface area contributed by atoms with Gasteiger partial charge in [-0.2, -0.15) is 0 Å². The van der Waals surface area contributed by atoms with E-state index < -0.39 is 24.3 Å². The molecule has 26 heavy (non-hydrogen) atoms. The van der Waals surface area contributed by atoms with Gasteiger partial charge in [0.25, 0.3) is 5.91 Å². The Kier molecular flexibility index (Phi) is 7.18. The number of nitrogens with zero attached hydrogens (tertiary/aromatic N) is 1. The van der Waals surface area contributed by atoms with Crippen LogP contribution in [-0.4, -0.2) is 25.0 Å². The summed E-state index contributed by atoms with van der Waals surface area (Å²) >= 11 is 11.7. The van der Waals surface area contributed by atoms with Crippen LogP contribution < -0.4 is 4.90 Å². The number of rotatable bonds is 6. The lowest BCUT2D eigenvalue weighted by Gasteiger charge is -2.20. The van der Waals surface area contributed by atoms with Gasteiger partial charge in [-0.1, -0.05) is 29.3 Å². The number of benzene rings is 2. The average Bonchev–Trinajstić information content (AvgIpc) is 2.63. The molecule has 2 aromatic rings. The number of carbonyl (C=O) groups excluding carboxylic acids is 2. The second kappa shape index (κ2) is 9.36. The summed E-state index contributed by atoms with van der Waals surface area (Å²) in [6.45, 7) is 1.71. The molecule has 0 aliphatic rings. The van der Waals surface area contributed by atoms with Gasteiger partial charge in [-0.15, -0.1) is 0 Å². The first-order valence-electron chi connectivity index (χ1n) is 7.76. The monoisotopic (exact) mass is 395 g/mol. The van der Waals surface area contributed by atoms with Gasteiger partial charge in [0, 0.05) is 18.3 Å². The van der Waals surface area contributed by atoms with E-state index in [1.54, 1.807) is 25.1 Å². The first-order valence-corrected chi connectivity index (χ1v) is 8.52. The Morgan fingerprint density at radius 3 is 2.42 bits per heavy atom. The van der Waals surface area contributed by atoms with E-state index >= 15 is 0 Å². The van der Waals surface area contributed by atoms with Crippen molar-refractivity contribution < 1.29 is 18.7 Å². The van der Waals surface area contributed by atoms with E-state index in [2.05, 4.69) is 0 Å². The minimum Gasteiger partial charge on any atom is -0.452 e. The van der Waals surface area contributed by atoms with Crippen molar-refractivity contribution in [3.05, 3.63) is 70.0 Å². The van der Waals surface area contributed by atoms with E-state index in [0.29, 0.717) is 27.8 Å². The van der Waals surface area contributed by atoms with Crippen LogP contribution in [-0.2, 0) is 14.3 Å². The molecule has 0 aliphatic heterocycles. The predicted molar refractivity (Wildman–Crippen MR) is 101 cm³/mol. The molecule has 0 N–H and O–H groups in total. The Labute approximate surface area is 160 Å². The minimum absolute atomic E-state index is 0.362. The third-order valence-corrected chi connectivity index (χ3v) is 4.19. The van der Waals surface area contributed by atoms with Crippen molar-refractivity contribution in [2.45, 2.75) is 6.92 Å². The van der Waals surface area contributed by atoms with E-state index in [1.165, 1.54) is 41.3 Å². The molecule has 0 saturated heterocycles. The summed E-state index contributed by atoms with van der Waals surface area (Å²) in [5, 5.41) is 0.785. The van der Waals surface area contributed by atoms with Gasteiger partial charge in [-0.25, -0.2) is 9.18 Å². The maximum Gasteiger partial charge on any atom is 0.331 e. The molecule has 7 heteroatoms. The number of hydrogen-bond donors (Lipinski definition) is 0. The van der Waals surface area contributed by atoms with Gasteiger partial charge in [0.15, 0.2) is 6.61 Å². The van der Waals surface area contributed by atoms with E-state index in [9.17, 15) is 14.0 Å². The van der Waals surface area contributed by atoms with Gasteiger partial charge >= 0.3 is 5.97 Å². The molecule has 0 atom stereocenters. The van der Waals surface area contributed by atoms with Crippen molar-refractivity contribution in [1.82, 2.24) is 0 Å². The summed E-state index contributed by atoms with van der Waals surface area (Å²) in [4.78, 5) is 25.4. The molecule has 1 amide bonds. The van der Waals surface area contributed by atoms with Gasteiger partial charge in [-0.3, -0.25) is 4.79 Å². The van der Waals surface area contributed by atoms with Crippen molar-refractivity contribution in [1.29, 1.82) is 0 Å². The van der Waals surface area contributed by atoms with E-state index in [4.69, 9.17) is 27.9 Å². The Bertz CT molecular complexity index is 822. The predicted octanol–water partition coefficient (Wildman–Crippen LogP) is 4.74. The molecule has 136 valence electrons. The largest absolute Gasteiger partial charge is 0.452 e. The lowest BCUT2D eigenvalue weighted by Crippen LogP contribution is -2.34. The van der Waals surface area contributed by atoms with Crippen LogP contribution in [0.15, 0.2) is 48.5 Å². The van der Waals surface area contributed by atoms with Crippen molar-refractivity contribution in [2.24, 2.45) is 0 Å². The summed E-state index contributed by atoms with van der Waals surface area (Å²) in [7, 11) is 0. The number of hydrogen-bond acceptors (Lipinski definition) is 3. The smallest absolute Gasteiger partial charge is 0.331 e. The van der Waals surface area contributed by atoms with Gasteiger partial charge in [0.2, 0.25) is 0 Å². The number of carbonyl (C=O) groups is 2. The van der Waals surface area contributed by atoms with Crippen LogP contribution in [0.4, 0.5) is 10.1 Å². The molecular formula is C19H16Cl2FNO3. The van der Waals surface area contributed by atoms with Crippen LogP contribution in [0.2, 0.25) is 10.0 Å². The number of likely N-dealkylation sites (N-methyl/N-ethyl adjacent to an activating group) is 1. The van der Waals surface area contributed by atoms with Gasteiger partial charge in [0.05, 0.1) is 10.0 Å². The summed E-state index contributed by atoms with van der Waals surface area (Å²) in [5.41, 5.74) is 1.20. The second-order valence-corrected chi connectivity index (χ2v) is 6.04. The average molecular weight is 396 g/mol. The van der Waals surface area contributed by atoms with Gasteiger partial charge < -0.3 is 9.64 Å². The van der Waals surface area contributed by atoms with E-state index in [-0.39, 0.29) is 0 Å². The molecule has 0 aromatic heterocycles. The summed E-state index contributed by atoms with van der Waals surface area (Å²) < 4.78 is 17.9. The molecule has 0 saturated carbocycles. The molecule has 2 aromatic carbocycles. The third-order valence-electron chi connectivity index (χ3n) is 3.45. The Morgan fingerprint density at radius 1 is 1.12 bits per heavy atom. The zero-order valence-electron chi connectivity index (χ0n) is 13.9. The molecule has 0 heterocycles. The highest BCUT2D eigenvalue weighted by molar-refractivity contribution is 6.42. The quantitative estimate of drug-likeness (QED) is 0.523. The summed E-state index contributed by atoms with van der Waals surface area (Å²) in [6, 6.07) is 10.4. The Morgan fingerprint density at radius 2 is 1.81 bits per heavy atom. The molecule has 0 aliphatic carbocycles.